The summed E-state index contributed by atoms with van der Waals surface area (Å²) in [5.74, 6) is -0.165. The first kappa shape index (κ1) is 17.7. The molecule has 132 valence electrons. The van der Waals surface area contributed by atoms with Crippen molar-refractivity contribution < 1.29 is 13.2 Å². The van der Waals surface area contributed by atoms with Crippen molar-refractivity contribution in [3.63, 3.8) is 0 Å². The van der Waals surface area contributed by atoms with Crippen LogP contribution >= 0.6 is 0 Å². The van der Waals surface area contributed by atoms with Crippen LogP contribution in [0.15, 0.2) is 59.5 Å². The smallest absolute Gasteiger partial charge is 0.251 e. The molecule has 0 radical (unpaired) electrons. The van der Waals surface area contributed by atoms with Gasteiger partial charge in [-0.05, 0) is 42.7 Å². The monoisotopic (exact) mass is 357 g/mol. The van der Waals surface area contributed by atoms with Gasteiger partial charge in [0.25, 0.3) is 5.91 Å². The molecule has 4 nitrogen and oxygen atoms in total. The summed E-state index contributed by atoms with van der Waals surface area (Å²) >= 11 is 0. The first-order valence-corrected chi connectivity index (χ1v) is 10.4. The lowest BCUT2D eigenvalue weighted by Gasteiger charge is -2.30. The van der Waals surface area contributed by atoms with Crippen molar-refractivity contribution in [3.05, 3.63) is 65.7 Å². The van der Waals surface area contributed by atoms with Gasteiger partial charge in [0.1, 0.15) is 0 Å². The molecule has 0 saturated heterocycles. The lowest BCUT2D eigenvalue weighted by molar-refractivity contribution is 0.0943. The third-order valence-corrected chi connectivity index (χ3v) is 6.21. The molecule has 0 heterocycles. The van der Waals surface area contributed by atoms with Gasteiger partial charge in [-0.1, -0.05) is 43.2 Å². The minimum absolute atomic E-state index is 0.00359. The molecule has 0 aromatic heterocycles. The number of carbonyl (C=O) groups is 1. The molecule has 0 aliphatic heterocycles. The van der Waals surface area contributed by atoms with Crippen molar-refractivity contribution >= 4 is 15.7 Å². The number of amides is 1. The molecule has 1 fully saturated rings. The van der Waals surface area contributed by atoms with Crippen molar-refractivity contribution in [2.45, 2.75) is 36.0 Å². The third-order valence-electron chi connectivity index (χ3n) is 5.08. The number of benzene rings is 2. The molecule has 25 heavy (non-hydrogen) atoms. The predicted octanol–water partition coefficient (Wildman–Crippen LogP) is 3.33. The molecule has 1 N–H and O–H groups in total. The lowest BCUT2D eigenvalue weighted by atomic mass is 9.79. The van der Waals surface area contributed by atoms with E-state index in [-0.39, 0.29) is 16.2 Å². The fraction of sp³-hybridized carbons (Fsp3) is 0.350. The number of carbonyl (C=O) groups excluding carboxylic acids is 1. The molecule has 0 bridgehead atoms. The Morgan fingerprint density at radius 3 is 2.16 bits per heavy atom. The van der Waals surface area contributed by atoms with E-state index < -0.39 is 9.84 Å². The number of hydrogen-bond acceptors (Lipinski definition) is 3. The molecule has 2 aromatic rings. The maximum atomic E-state index is 12.5. The van der Waals surface area contributed by atoms with Crippen LogP contribution in [0.1, 0.15) is 41.6 Å². The molecule has 1 saturated carbocycles. The van der Waals surface area contributed by atoms with Gasteiger partial charge >= 0.3 is 0 Å². The summed E-state index contributed by atoms with van der Waals surface area (Å²) in [6, 6.07) is 16.5. The first-order valence-electron chi connectivity index (χ1n) is 8.55. The number of nitrogens with one attached hydrogen (secondary N) is 1. The van der Waals surface area contributed by atoms with Gasteiger partial charge in [0.15, 0.2) is 9.84 Å². The average molecular weight is 357 g/mol. The molecular formula is C20H23NO3S. The molecule has 0 atom stereocenters. The van der Waals surface area contributed by atoms with Crippen LogP contribution in [0.25, 0.3) is 0 Å². The highest BCUT2D eigenvalue weighted by Crippen LogP contribution is 2.40. The van der Waals surface area contributed by atoms with Gasteiger partial charge in [0.2, 0.25) is 0 Å². The quantitative estimate of drug-likeness (QED) is 0.893. The van der Waals surface area contributed by atoms with Gasteiger partial charge in [-0.15, -0.1) is 0 Å². The zero-order valence-corrected chi connectivity index (χ0v) is 15.2. The molecule has 3 rings (SSSR count). The van der Waals surface area contributed by atoms with Gasteiger partial charge in [0, 0.05) is 23.8 Å². The molecule has 1 aliphatic rings. The molecule has 2 aromatic carbocycles. The fourth-order valence-electron chi connectivity index (χ4n) is 3.62. The van der Waals surface area contributed by atoms with Crippen LogP contribution < -0.4 is 5.32 Å². The van der Waals surface area contributed by atoms with E-state index in [9.17, 15) is 13.2 Å². The van der Waals surface area contributed by atoms with Crippen molar-refractivity contribution in [2.75, 3.05) is 12.8 Å². The fourth-order valence-corrected chi connectivity index (χ4v) is 4.25. The number of hydrogen-bond donors (Lipinski definition) is 1. The minimum atomic E-state index is -3.25. The van der Waals surface area contributed by atoms with E-state index >= 15 is 0 Å². The standard InChI is InChI=1S/C20H23NO3S/c1-25(23,24)18-11-9-16(10-12-18)19(22)21-15-20(13-5-6-14-20)17-7-3-2-4-8-17/h2-4,7-12H,5-6,13-15H2,1H3,(H,21,22). The highest BCUT2D eigenvalue weighted by atomic mass is 32.2. The van der Waals surface area contributed by atoms with E-state index in [2.05, 4.69) is 17.4 Å². The van der Waals surface area contributed by atoms with E-state index in [1.54, 1.807) is 12.1 Å². The second-order valence-electron chi connectivity index (χ2n) is 6.83. The summed E-state index contributed by atoms with van der Waals surface area (Å²) in [6.07, 6.45) is 5.65. The maximum absolute atomic E-state index is 12.5. The first-order chi connectivity index (χ1) is 11.9. The van der Waals surface area contributed by atoms with Gasteiger partial charge in [0.05, 0.1) is 4.90 Å². The Balaban J connectivity index is 1.72. The Bertz CT molecular complexity index is 836. The van der Waals surface area contributed by atoms with Crippen molar-refractivity contribution in [1.82, 2.24) is 5.32 Å². The van der Waals surface area contributed by atoms with Crippen LogP contribution in [0, 0.1) is 0 Å². The van der Waals surface area contributed by atoms with Crippen LogP contribution in [-0.4, -0.2) is 27.1 Å². The number of rotatable bonds is 5. The Labute approximate surface area is 149 Å². The van der Waals surface area contributed by atoms with Gasteiger partial charge in [-0.25, -0.2) is 8.42 Å². The average Bonchev–Trinajstić information content (AvgIpc) is 3.10. The van der Waals surface area contributed by atoms with Crippen LogP contribution in [0.4, 0.5) is 0 Å². The van der Waals surface area contributed by atoms with Crippen LogP contribution in [0.3, 0.4) is 0 Å². The molecule has 0 unspecified atom stereocenters. The maximum Gasteiger partial charge on any atom is 0.251 e. The lowest BCUT2D eigenvalue weighted by Crippen LogP contribution is -2.39. The van der Waals surface area contributed by atoms with Crippen molar-refractivity contribution in [1.29, 1.82) is 0 Å². The van der Waals surface area contributed by atoms with Gasteiger partial charge in [-0.2, -0.15) is 0 Å². The van der Waals surface area contributed by atoms with Crippen LogP contribution in [0.2, 0.25) is 0 Å². The summed E-state index contributed by atoms with van der Waals surface area (Å²) in [4.78, 5) is 12.7. The topological polar surface area (TPSA) is 63.2 Å². The van der Waals surface area contributed by atoms with Gasteiger partial charge in [-0.3, -0.25) is 4.79 Å². The third kappa shape index (κ3) is 3.93. The largest absolute Gasteiger partial charge is 0.351 e. The predicted molar refractivity (Wildman–Crippen MR) is 98.5 cm³/mol. The highest BCUT2D eigenvalue weighted by molar-refractivity contribution is 7.90. The SMILES string of the molecule is CS(=O)(=O)c1ccc(C(=O)NCC2(c3ccccc3)CCCC2)cc1. The van der Waals surface area contributed by atoms with E-state index in [4.69, 9.17) is 0 Å². The minimum Gasteiger partial charge on any atom is -0.351 e. The number of sulfone groups is 1. The normalized spacial score (nSPS) is 16.5. The molecule has 5 heteroatoms. The molecule has 1 aliphatic carbocycles. The van der Waals surface area contributed by atoms with E-state index in [0.29, 0.717) is 12.1 Å². The Hall–Kier alpha value is -2.14. The van der Waals surface area contributed by atoms with Crippen LogP contribution in [0.5, 0.6) is 0 Å². The summed E-state index contributed by atoms with van der Waals surface area (Å²) in [7, 11) is -3.25. The van der Waals surface area contributed by atoms with Crippen molar-refractivity contribution in [2.24, 2.45) is 0 Å². The Morgan fingerprint density at radius 2 is 1.60 bits per heavy atom. The van der Waals surface area contributed by atoms with Crippen LogP contribution in [-0.2, 0) is 15.3 Å². The second-order valence-corrected chi connectivity index (χ2v) is 8.85. The summed E-state index contributed by atoms with van der Waals surface area (Å²) < 4.78 is 23.0. The van der Waals surface area contributed by atoms with Gasteiger partial charge < -0.3 is 5.32 Å². The summed E-state index contributed by atoms with van der Waals surface area (Å²) in [6.45, 7) is 0.601. The highest BCUT2D eigenvalue weighted by Gasteiger charge is 2.35. The van der Waals surface area contributed by atoms with Crippen molar-refractivity contribution in [3.8, 4) is 0 Å². The van der Waals surface area contributed by atoms with E-state index in [1.807, 2.05) is 18.2 Å². The zero-order chi connectivity index (χ0) is 17.9. The molecule has 1 amide bonds. The molecule has 0 spiro atoms. The van der Waals surface area contributed by atoms with E-state index in [0.717, 1.165) is 19.1 Å². The summed E-state index contributed by atoms with van der Waals surface area (Å²) in [5, 5.41) is 3.05. The molecular weight excluding hydrogens is 334 g/mol. The Kier molecular flexibility index (Phi) is 4.95. The summed E-state index contributed by atoms with van der Waals surface area (Å²) in [5.41, 5.74) is 1.76. The zero-order valence-electron chi connectivity index (χ0n) is 14.4. The second kappa shape index (κ2) is 7.00. The van der Waals surface area contributed by atoms with E-state index in [1.165, 1.54) is 30.5 Å². The Morgan fingerprint density at radius 1 is 1.00 bits per heavy atom.